The summed E-state index contributed by atoms with van der Waals surface area (Å²) < 4.78 is 0. The van der Waals surface area contributed by atoms with Crippen molar-refractivity contribution in [2.24, 2.45) is 17.8 Å². The van der Waals surface area contributed by atoms with Gasteiger partial charge in [-0.15, -0.1) is 5.06 Å². The van der Waals surface area contributed by atoms with Crippen molar-refractivity contribution in [1.82, 2.24) is 9.96 Å². The van der Waals surface area contributed by atoms with Gasteiger partial charge in [-0.3, -0.25) is 10.0 Å². The highest BCUT2D eigenvalue weighted by atomic mass is 16.5. The summed E-state index contributed by atoms with van der Waals surface area (Å²) in [5.41, 5.74) is -0.126. The lowest BCUT2D eigenvalue weighted by atomic mass is 9.52. The molecule has 4 bridgehead atoms. The zero-order chi connectivity index (χ0) is 12.5. The largest absolute Gasteiger partial charge is 0.352 e. The van der Waals surface area contributed by atoms with Crippen LogP contribution in [-0.2, 0) is 4.79 Å². The topological polar surface area (TPSA) is 60.9 Å². The van der Waals surface area contributed by atoms with Crippen molar-refractivity contribution in [3.63, 3.8) is 0 Å². The lowest BCUT2D eigenvalue weighted by Crippen LogP contribution is -2.60. The summed E-state index contributed by atoms with van der Waals surface area (Å²) in [7, 11) is 0. The molecule has 1 N–H and O–H groups in total. The quantitative estimate of drug-likeness (QED) is 0.568. The molecular weight excluding hydrogens is 232 g/mol. The first-order valence-electron chi connectivity index (χ1n) is 6.91. The third-order valence-corrected chi connectivity index (χ3v) is 5.52. The minimum Gasteiger partial charge on any atom is -0.307 e. The predicted octanol–water partition coefficient (Wildman–Crippen LogP) is 1.61. The second-order valence-electron chi connectivity index (χ2n) is 6.72. The number of rotatable bonds is 1. The van der Waals surface area contributed by atoms with Gasteiger partial charge in [0, 0.05) is 5.54 Å². The first-order chi connectivity index (χ1) is 8.57. The molecule has 1 heterocycles. The molecule has 5 nitrogen and oxygen atoms in total. The molecule has 0 radical (unpaired) electrons. The van der Waals surface area contributed by atoms with Crippen molar-refractivity contribution >= 4 is 11.9 Å². The molecule has 0 aromatic rings. The van der Waals surface area contributed by atoms with E-state index in [9.17, 15) is 14.8 Å². The maximum absolute atomic E-state index is 12.0. The molecular formula is C13H18N2O3. The van der Waals surface area contributed by atoms with E-state index in [0.29, 0.717) is 5.06 Å². The fourth-order valence-electron chi connectivity index (χ4n) is 5.26. The van der Waals surface area contributed by atoms with Crippen LogP contribution in [0, 0.1) is 17.8 Å². The minimum atomic E-state index is -0.498. The molecule has 5 aliphatic rings. The smallest absolute Gasteiger partial charge is 0.307 e. The van der Waals surface area contributed by atoms with Crippen molar-refractivity contribution in [3.8, 4) is 0 Å². The minimum absolute atomic E-state index is 0.0709. The van der Waals surface area contributed by atoms with Crippen LogP contribution in [0.3, 0.4) is 0 Å². The zero-order valence-electron chi connectivity index (χ0n) is 10.3. The Hall–Kier alpha value is -1.10. The molecule has 4 aliphatic carbocycles. The fourth-order valence-corrected chi connectivity index (χ4v) is 5.26. The molecule has 1 aliphatic heterocycles. The summed E-state index contributed by atoms with van der Waals surface area (Å²) in [4.78, 5) is 25.2. The van der Waals surface area contributed by atoms with E-state index in [1.807, 2.05) is 0 Å². The Bertz CT molecular complexity index is 399. The number of hydrogen-bond acceptors (Lipinski definition) is 3. The number of amides is 3. The van der Waals surface area contributed by atoms with E-state index in [2.05, 4.69) is 0 Å². The Balaban J connectivity index is 1.68. The number of carbonyl (C=O) groups is 2. The third-order valence-electron chi connectivity index (χ3n) is 5.52. The van der Waals surface area contributed by atoms with Crippen LogP contribution in [0.2, 0.25) is 0 Å². The third kappa shape index (κ3) is 1.25. The summed E-state index contributed by atoms with van der Waals surface area (Å²) >= 11 is 0. The molecule has 1 saturated heterocycles. The number of imide groups is 1. The highest BCUT2D eigenvalue weighted by Crippen LogP contribution is 2.58. The second kappa shape index (κ2) is 3.26. The zero-order valence-corrected chi connectivity index (χ0v) is 10.3. The SMILES string of the molecule is O=C1CN(C23CC4CC(CC(C4)C2)C3)C(=O)N1O. The standard InChI is InChI=1S/C13H18N2O3/c16-11-7-14(12(17)15(11)18)13-4-8-1-9(5-13)3-10(2-8)6-13/h8-10,18H,1-7H2. The summed E-state index contributed by atoms with van der Waals surface area (Å²) in [5.74, 6) is 1.71. The van der Waals surface area contributed by atoms with E-state index in [0.717, 1.165) is 37.0 Å². The molecule has 98 valence electrons. The number of nitrogens with zero attached hydrogens (tertiary/aromatic N) is 2. The van der Waals surface area contributed by atoms with Crippen molar-refractivity contribution < 1.29 is 14.8 Å². The van der Waals surface area contributed by atoms with Gasteiger partial charge >= 0.3 is 6.03 Å². The van der Waals surface area contributed by atoms with Crippen molar-refractivity contribution in [2.45, 2.75) is 44.1 Å². The van der Waals surface area contributed by atoms with Crippen LogP contribution in [0.15, 0.2) is 0 Å². The molecule has 5 fully saturated rings. The van der Waals surface area contributed by atoms with Crippen LogP contribution in [-0.4, -0.2) is 39.2 Å². The van der Waals surface area contributed by atoms with Crippen LogP contribution in [0.4, 0.5) is 4.79 Å². The van der Waals surface area contributed by atoms with Gasteiger partial charge in [0.15, 0.2) is 0 Å². The Labute approximate surface area is 106 Å². The van der Waals surface area contributed by atoms with E-state index >= 15 is 0 Å². The predicted molar refractivity (Wildman–Crippen MR) is 61.6 cm³/mol. The van der Waals surface area contributed by atoms with Gasteiger partial charge in [0.25, 0.3) is 5.91 Å². The highest BCUT2D eigenvalue weighted by molar-refractivity contribution is 6.01. The lowest BCUT2D eigenvalue weighted by Gasteiger charge is -2.59. The van der Waals surface area contributed by atoms with Gasteiger partial charge in [-0.25, -0.2) is 4.79 Å². The molecule has 0 aromatic carbocycles. The Morgan fingerprint density at radius 2 is 1.50 bits per heavy atom. The monoisotopic (exact) mass is 250 g/mol. The van der Waals surface area contributed by atoms with Crippen LogP contribution in [0.25, 0.3) is 0 Å². The van der Waals surface area contributed by atoms with E-state index in [1.165, 1.54) is 19.3 Å². The maximum Gasteiger partial charge on any atom is 0.352 e. The van der Waals surface area contributed by atoms with Crippen molar-refractivity contribution in [3.05, 3.63) is 0 Å². The average Bonchev–Trinajstić information content (AvgIpc) is 2.56. The van der Waals surface area contributed by atoms with E-state index in [1.54, 1.807) is 4.90 Å². The lowest BCUT2D eigenvalue weighted by molar-refractivity contribution is -0.146. The summed E-state index contributed by atoms with van der Waals surface area (Å²) in [6.07, 6.45) is 7.01. The second-order valence-corrected chi connectivity index (χ2v) is 6.72. The summed E-state index contributed by atoms with van der Waals surface area (Å²) in [6.45, 7) is 0.0709. The van der Waals surface area contributed by atoms with E-state index in [-0.39, 0.29) is 12.1 Å². The number of carbonyl (C=O) groups excluding carboxylic acids is 2. The summed E-state index contributed by atoms with van der Waals surface area (Å²) in [6, 6.07) is -0.498. The van der Waals surface area contributed by atoms with Gasteiger partial charge in [0.05, 0.1) is 0 Å². The van der Waals surface area contributed by atoms with Gasteiger partial charge in [-0.2, -0.15) is 0 Å². The van der Waals surface area contributed by atoms with Gasteiger partial charge in [0.2, 0.25) is 0 Å². The highest BCUT2D eigenvalue weighted by Gasteiger charge is 2.57. The molecule has 5 heteroatoms. The Kier molecular flexibility index (Phi) is 1.95. The first kappa shape index (κ1) is 10.8. The molecule has 18 heavy (non-hydrogen) atoms. The van der Waals surface area contributed by atoms with Gasteiger partial charge in [0.1, 0.15) is 6.54 Å². The number of hydrogen-bond donors (Lipinski definition) is 1. The Morgan fingerprint density at radius 3 is 1.89 bits per heavy atom. The van der Waals surface area contributed by atoms with E-state index < -0.39 is 11.9 Å². The Morgan fingerprint density at radius 1 is 1.00 bits per heavy atom. The molecule has 5 rings (SSSR count). The normalized spacial score (nSPS) is 46.4. The van der Waals surface area contributed by atoms with Gasteiger partial charge in [-0.1, -0.05) is 0 Å². The van der Waals surface area contributed by atoms with Gasteiger partial charge in [-0.05, 0) is 56.3 Å². The van der Waals surface area contributed by atoms with Gasteiger partial charge < -0.3 is 4.90 Å². The van der Waals surface area contributed by atoms with E-state index in [4.69, 9.17) is 0 Å². The first-order valence-corrected chi connectivity index (χ1v) is 6.91. The molecule has 3 amide bonds. The van der Waals surface area contributed by atoms with Crippen LogP contribution >= 0.6 is 0 Å². The molecule has 4 saturated carbocycles. The molecule has 0 spiro atoms. The summed E-state index contributed by atoms with van der Waals surface area (Å²) in [5, 5.41) is 9.74. The fraction of sp³-hybridized carbons (Fsp3) is 0.846. The van der Waals surface area contributed by atoms with Crippen molar-refractivity contribution in [2.75, 3.05) is 6.54 Å². The average molecular weight is 250 g/mol. The number of urea groups is 1. The molecule has 0 atom stereocenters. The van der Waals surface area contributed by atoms with Crippen LogP contribution in [0.1, 0.15) is 38.5 Å². The van der Waals surface area contributed by atoms with Crippen LogP contribution in [0.5, 0.6) is 0 Å². The van der Waals surface area contributed by atoms with Crippen molar-refractivity contribution in [1.29, 1.82) is 0 Å². The molecule has 0 aromatic heterocycles. The molecule has 0 unspecified atom stereocenters. The van der Waals surface area contributed by atoms with Crippen LogP contribution < -0.4 is 0 Å². The number of hydroxylamine groups is 2. The maximum atomic E-state index is 12.0.